The summed E-state index contributed by atoms with van der Waals surface area (Å²) >= 11 is 2.26. The number of nitrogens with zero attached hydrogens (tertiary/aromatic N) is 2. The summed E-state index contributed by atoms with van der Waals surface area (Å²) in [7, 11) is 0. The van der Waals surface area contributed by atoms with Crippen molar-refractivity contribution in [3.63, 3.8) is 0 Å². The third-order valence-corrected chi connectivity index (χ3v) is 7.11. The maximum Gasteiger partial charge on any atom is 0.417 e. The van der Waals surface area contributed by atoms with Gasteiger partial charge in [0.25, 0.3) is 5.91 Å². The van der Waals surface area contributed by atoms with Crippen LogP contribution in [0, 0.1) is 11.8 Å². The molecule has 0 bridgehead atoms. The molecule has 9 heteroatoms. The van der Waals surface area contributed by atoms with Gasteiger partial charge < -0.3 is 10.6 Å². The summed E-state index contributed by atoms with van der Waals surface area (Å²) < 4.78 is 41.4. The Kier molecular flexibility index (Phi) is 5.06. The first-order chi connectivity index (χ1) is 13.6. The molecule has 29 heavy (non-hydrogen) atoms. The van der Waals surface area contributed by atoms with Gasteiger partial charge in [-0.15, -0.1) is 22.7 Å². The largest absolute Gasteiger partial charge is 0.417 e. The first-order valence-corrected chi connectivity index (χ1v) is 11.0. The SMILES string of the molecule is C[C@H]1C[C@H](C)CN(C(=O)c2sc3nc(-c4cccs4)cc(C(F)(F)F)c3c2N)C1. The zero-order valence-corrected chi connectivity index (χ0v) is 17.5. The Bertz CT molecular complexity index is 1050. The lowest BCUT2D eigenvalue weighted by molar-refractivity contribution is -0.136. The summed E-state index contributed by atoms with van der Waals surface area (Å²) in [6, 6.07) is 4.50. The number of carbonyl (C=O) groups is 1. The fourth-order valence-corrected chi connectivity index (χ4v) is 5.80. The number of hydrogen-bond donors (Lipinski definition) is 1. The van der Waals surface area contributed by atoms with Crippen molar-refractivity contribution >= 4 is 44.5 Å². The average molecular weight is 440 g/mol. The van der Waals surface area contributed by atoms with E-state index in [1.165, 1.54) is 11.3 Å². The van der Waals surface area contributed by atoms with Gasteiger partial charge in [0.15, 0.2) is 0 Å². The molecule has 4 rings (SSSR count). The van der Waals surface area contributed by atoms with Gasteiger partial charge in [0.05, 0.1) is 21.8 Å². The van der Waals surface area contributed by atoms with Crippen molar-refractivity contribution in [2.24, 2.45) is 11.8 Å². The molecule has 1 aliphatic rings. The predicted octanol–water partition coefficient (Wildman–Crippen LogP) is 5.74. The van der Waals surface area contributed by atoms with Crippen LogP contribution in [0.1, 0.15) is 35.5 Å². The number of aromatic nitrogens is 1. The molecule has 0 radical (unpaired) electrons. The Balaban J connectivity index is 1.85. The van der Waals surface area contributed by atoms with Crippen LogP contribution in [-0.4, -0.2) is 28.9 Å². The highest BCUT2D eigenvalue weighted by Crippen LogP contribution is 2.44. The number of thiophene rings is 2. The average Bonchev–Trinajstić information content (AvgIpc) is 3.27. The van der Waals surface area contributed by atoms with E-state index in [0.29, 0.717) is 29.8 Å². The number of rotatable bonds is 2. The van der Waals surface area contributed by atoms with Crippen LogP contribution < -0.4 is 5.73 Å². The number of fused-ring (bicyclic) bond motifs is 1. The molecule has 1 fully saturated rings. The topological polar surface area (TPSA) is 59.2 Å². The first kappa shape index (κ1) is 20.2. The number of halogens is 3. The van der Waals surface area contributed by atoms with Crippen LogP contribution in [0.3, 0.4) is 0 Å². The van der Waals surface area contributed by atoms with E-state index < -0.39 is 11.7 Å². The highest BCUT2D eigenvalue weighted by Gasteiger charge is 2.37. The van der Waals surface area contributed by atoms with E-state index in [9.17, 15) is 18.0 Å². The Morgan fingerprint density at radius 1 is 1.28 bits per heavy atom. The molecule has 3 aromatic rings. The third kappa shape index (κ3) is 3.73. The smallest absolute Gasteiger partial charge is 0.397 e. The normalized spacial score (nSPS) is 20.4. The van der Waals surface area contributed by atoms with Gasteiger partial charge in [-0.25, -0.2) is 4.98 Å². The minimum absolute atomic E-state index is 0.126. The lowest BCUT2D eigenvalue weighted by atomic mass is 9.92. The molecule has 154 valence electrons. The molecule has 0 spiro atoms. The molecule has 1 aliphatic heterocycles. The van der Waals surface area contributed by atoms with Crippen molar-refractivity contribution < 1.29 is 18.0 Å². The second-order valence-corrected chi connectivity index (χ2v) is 9.66. The Morgan fingerprint density at radius 2 is 1.97 bits per heavy atom. The zero-order valence-electron chi connectivity index (χ0n) is 15.9. The first-order valence-electron chi connectivity index (χ1n) is 9.28. The van der Waals surface area contributed by atoms with Crippen molar-refractivity contribution in [1.29, 1.82) is 0 Å². The van der Waals surface area contributed by atoms with Crippen LogP contribution in [0.15, 0.2) is 23.6 Å². The Morgan fingerprint density at radius 3 is 2.55 bits per heavy atom. The van der Waals surface area contributed by atoms with E-state index in [2.05, 4.69) is 18.8 Å². The number of likely N-dealkylation sites (tertiary alicyclic amines) is 1. The van der Waals surface area contributed by atoms with Crippen LogP contribution in [0.25, 0.3) is 20.8 Å². The van der Waals surface area contributed by atoms with E-state index in [1.807, 2.05) is 0 Å². The molecule has 0 aliphatic carbocycles. The van der Waals surface area contributed by atoms with E-state index in [4.69, 9.17) is 5.73 Å². The Labute approximate surface area is 174 Å². The van der Waals surface area contributed by atoms with E-state index in [1.54, 1.807) is 22.4 Å². The fraction of sp³-hybridized carbons (Fsp3) is 0.400. The number of nitrogen functional groups attached to an aromatic ring is 1. The number of anilines is 1. The van der Waals surface area contributed by atoms with Crippen molar-refractivity contribution in [1.82, 2.24) is 9.88 Å². The maximum atomic E-state index is 13.8. The molecule has 4 heterocycles. The van der Waals surface area contributed by atoms with Gasteiger partial charge in [0.2, 0.25) is 0 Å². The van der Waals surface area contributed by atoms with Gasteiger partial charge >= 0.3 is 6.18 Å². The molecule has 1 amide bonds. The van der Waals surface area contributed by atoms with Gasteiger partial charge in [-0.2, -0.15) is 13.2 Å². The van der Waals surface area contributed by atoms with Crippen molar-refractivity contribution in [3.05, 3.63) is 34.0 Å². The number of nitrogens with two attached hydrogens (primary N) is 1. The number of hydrogen-bond acceptors (Lipinski definition) is 5. The highest BCUT2D eigenvalue weighted by molar-refractivity contribution is 7.21. The number of carbonyl (C=O) groups excluding carboxylic acids is 1. The lowest BCUT2D eigenvalue weighted by Crippen LogP contribution is -2.42. The molecule has 0 unspecified atom stereocenters. The van der Waals surface area contributed by atoms with Crippen molar-refractivity contribution in [2.45, 2.75) is 26.4 Å². The predicted molar refractivity (Wildman–Crippen MR) is 111 cm³/mol. The van der Waals surface area contributed by atoms with Crippen LogP contribution in [0.5, 0.6) is 0 Å². The monoisotopic (exact) mass is 439 g/mol. The summed E-state index contributed by atoms with van der Waals surface area (Å²) in [4.78, 5) is 20.1. The third-order valence-electron chi connectivity index (χ3n) is 5.13. The van der Waals surface area contributed by atoms with E-state index >= 15 is 0 Å². The Hall–Kier alpha value is -2.13. The molecule has 2 N–H and O–H groups in total. The quantitative estimate of drug-likeness (QED) is 0.554. The lowest BCUT2D eigenvalue weighted by Gasteiger charge is -2.34. The summed E-state index contributed by atoms with van der Waals surface area (Å²) in [5.74, 6) is 0.370. The van der Waals surface area contributed by atoms with Gasteiger partial charge in [-0.1, -0.05) is 19.9 Å². The van der Waals surface area contributed by atoms with Gasteiger partial charge in [0.1, 0.15) is 9.71 Å². The minimum atomic E-state index is -4.60. The standard InChI is InChI=1S/C20H20F3N3OS2/c1-10-6-11(2)9-26(8-10)19(27)17-16(24)15-12(20(21,22)23)7-13(25-18(15)29-17)14-4-3-5-28-14/h3-5,7,10-11H,6,8-9,24H2,1-2H3/t10-,11-/m0/s1. The van der Waals surface area contributed by atoms with Gasteiger partial charge in [-0.3, -0.25) is 4.79 Å². The number of pyridine rings is 1. The van der Waals surface area contributed by atoms with E-state index in [-0.39, 0.29) is 32.4 Å². The minimum Gasteiger partial charge on any atom is -0.397 e. The second kappa shape index (κ2) is 7.28. The number of piperidine rings is 1. The summed E-state index contributed by atoms with van der Waals surface area (Å²) in [5.41, 5.74) is 5.37. The van der Waals surface area contributed by atoms with Crippen LogP contribution in [-0.2, 0) is 6.18 Å². The van der Waals surface area contributed by atoms with Crippen molar-refractivity contribution in [3.8, 4) is 10.6 Å². The van der Waals surface area contributed by atoms with Crippen LogP contribution >= 0.6 is 22.7 Å². The molecule has 4 nitrogen and oxygen atoms in total. The molecule has 0 saturated carbocycles. The van der Waals surface area contributed by atoms with Crippen LogP contribution in [0.2, 0.25) is 0 Å². The highest BCUT2D eigenvalue weighted by atomic mass is 32.1. The molecule has 3 aromatic heterocycles. The number of alkyl halides is 3. The molecule has 2 atom stereocenters. The van der Waals surface area contributed by atoms with Crippen molar-refractivity contribution in [2.75, 3.05) is 18.8 Å². The molecule has 1 saturated heterocycles. The molecular weight excluding hydrogens is 419 g/mol. The maximum absolute atomic E-state index is 13.8. The number of amides is 1. The molecule has 0 aromatic carbocycles. The van der Waals surface area contributed by atoms with Gasteiger partial charge in [-0.05, 0) is 35.8 Å². The summed E-state index contributed by atoms with van der Waals surface area (Å²) in [6.45, 7) is 5.30. The summed E-state index contributed by atoms with van der Waals surface area (Å²) in [6.07, 6.45) is -3.58. The molecular formula is C20H20F3N3OS2. The summed E-state index contributed by atoms with van der Waals surface area (Å²) in [5, 5.41) is 1.61. The fourth-order valence-electron chi connectivity index (χ4n) is 4.03. The van der Waals surface area contributed by atoms with Crippen LogP contribution in [0.4, 0.5) is 18.9 Å². The van der Waals surface area contributed by atoms with E-state index in [0.717, 1.165) is 23.8 Å². The zero-order chi connectivity index (χ0) is 20.9. The second-order valence-electron chi connectivity index (χ2n) is 7.71. The van der Waals surface area contributed by atoms with Gasteiger partial charge in [0, 0.05) is 18.5 Å².